The second-order valence-corrected chi connectivity index (χ2v) is 6.08. The molecule has 0 bridgehead atoms. The van der Waals surface area contributed by atoms with E-state index in [9.17, 15) is 0 Å². The van der Waals surface area contributed by atoms with Gasteiger partial charge in [0, 0.05) is 24.6 Å². The fraction of sp³-hybridized carbons (Fsp3) is 0.500. The van der Waals surface area contributed by atoms with Gasteiger partial charge < -0.3 is 4.52 Å². The van der Waals surface area contributed by atoms with Gasteiger partial charge >= 0.3 is 0 Å². The summed E-state index contributed by atoms with van der Waals surface area (Å²) in [6, 6.07) is 9.29. The molecule has 1 atom stereocenters. The number of aromatic nitrogens is 1. The van der Waals surface area contributed by atoms with Crippen molar-refractivity contribution in [1.82, 2.24) is 10.1 Å². The summed E-state index contributed by atoms with van der Waals surface area (Å²) >= 11 is 0. The Morgan fingerprint density at radius 2 is 2.19 bits per heavy atom. The van der Waals surface area contributed by atoms with Crippen LogP contribution in [0.3, 0.4) is 0 Å². The topological polar surface area (TPSA) is 29.3 Å². The summed E-state index contributed by atoms with van der Waals surface area (Å²) < 4.78 is 5.50. The van der Waals surface area contributed by atoms with Gasteiger partial charge in [0.1, 0.15) is 5.76 Å². The molecule has 3 nitrogen and oxygen atoms in total. The van der Waals surface area contributed by atoms with Crippen molar-refractivity contribution in [2.75, 3.05) is 6.54 Å². The van der Waals surface area contributed by atoms with Gasteiger partial charge in [0.2, 0.25) is 0 Å². The summed E-state index contributed by atoms with van der Waals surface area (Å²) in [6.45, 7) is 8.54. The van der Waals surface area contributed by atoms with Crippen molar-refractivity contribution < 1.29 is 4.52 Å². The van der Waals surface area contributed by atoms with Crippen molar-refractivity contribution in [1.29, 1.82) is 0 Å². The fourth-order valence-corrected chi connectivity index (χ4v) is 3.49. The van der Waals surface area contributed by atoms with Crippen LogP contribution in [0.25, 0.3) is 0 Å². The Labute approximate surface area is 126 Å². The van der Waals surface area contributed by atoms with Gasteiger partial charge in [-0.2, -0.15) is 0 Å². The Hall–Kier alpha value is -1.61. The number of nitrogens with zero attached hydrogens (tertiary/aromatic N) is 2. The molecule has 1 aromatic heterocycles. The van der Waals surface area contributed by atoms with E-state index in [1.165, 1.54) is 29.5 Å². The lowest BCUT2D eigenvalue weighted by Gasteiger charge is -2.25. The Morgan fingerprint density at radius 3 is 2.95 bits per heavy atom. The first-order chi connectivity index (χ1) is 10.2. The molecule has 112 valence electrons. The average molecular weight is 284 g/mol. The maximum Gasteiger partial charge on any atom is 0.141 e. The minimum atomic E-state index is 0.465. The number of rotatable bonds is 4. The summed E-state index contributed by atoms with van der Waals surface area (Å²) in [5.41, 5.74) is 5.13. The van der Waals surface area contributed by atoms with Gasteiger partial charge in [-0.15, -0.1) is 0 Å². The molecule has 1 saturated heterocycles. The van der Waals surface area contributed by atoms with Crippen LogP contribution < -0.4 is 0 Å². The minimum absolute atomic E-state index is 0.465. The number of hydrogen-bond donors (Lipinski definition) is 0. The molecule has 1 aliphatic rings. The molecule has 0 aliphatic carbocycles. The first-order valence-electron chi connectivity index (χ1n) is 7.93. The van der Waals surface area contributed by atoms with Crippen molar-refractivity contribution in [2.24, 2.45) is 0 Å². The summed E-state index contributed by atoms with van der Waals surface area (Å²) in [7, 11) is 0. The molecule has 1 fully saturated rings. The number of likely N-dealkylation sites (tertiary alicyclic amines) is 1. The van der Waals surface area contributed by atoms with E-state index in [-0.39, 0.29) is 0 Å². The van der Waals surface area contributed by atoms with Crippen molar-refractivity contribution in [3.8, 4) is 0 Å². The molecule has 0 amide bonds. The first-order valence-corrected chi connectivity index (χ1v) is 7.93. The monoisotopic (exact) mass is 284 g/mol. The van der Waals surface area contributed by atoms with Crippen molar-refractivity contribution in [3.63, 3.8) is 0 Å². The average Bonchev–Trinajstić information content (AvgIpc) is 3.05. The quantitative estimate of drug-likeness (QED) is 0.843. The minimum Gasteiger partial charge on any atom is -0.361 e. The summed E-state index contributed by atoms with van der Waals surface area (Å²) in [5.74, 6) is 1.06. The van der Waals surface area contributed by atoms with Gasteiger partial charge in [-0.3, -0.25) is 4.90 Å². The van der Waals surface area contributed by atoms with Crippen molar-refractivity contribution >= 4 is 0 Å². The molecule has 3 heteroatoms. The molecular formula is C18H24N2O. The largest absolute Gasteiger partial charge is 0.361 e. The Bertz CT molecular complexity index is 617. The van der Waals surface area contributed by atoms with E-state index in [2.05, 4.69) is 55.1 Å². The molecular weight excluding hydrogens is 260 g/mol. The summed E-state index contributed by atoms with van der Waals surface area (Å²) in [4.78, 5) is 2.58. The molecule has 0 spiro atoms. The number of aryl methyl sites for hydroxylation is 3. The second kappa shape index (κ2) is 6.02. The molecule has 0 radical (unpaired) electrons. The Morgan fingerprint density at radius 1 is 1.33 bits per heavy atom. The number of benzene rings is 1. The standard InChI is InChI=1S/C18H24N2O/c1-4-17-18(14(3)19-21-17)16-9-6-10-20(16)12-15-8-5-7-13(2)11-15/h5,7-8,11,16H,4,6,9-10,12H2,1-3H3. The molecule has 0 saturated carbocycles. The van der Waals surface area contributed by atoms with Crippen LogP contribution in [0.2, 0.25) is 0 Å². The predicted octanol–water partition coefficient (Wildman–Crippen LogP) is 4.19. The molecule has 1 unspecified atom stereocenters. The zero-order valence-electron chi connectivity index (χ0n) is 13.2. The maximum atomic E-state index is 5.50. The lowest BCUT2D eigenvalue weighted by molar-refractivity contribution is 0.245. The van der Waals surface area contributed by atoms with Crippen LogP contribution in [0.4, 0.5) is 0 Å². The SMILES string of the molecule is CCc1onc(C)c1C1CCCN1Cc1cccc(C)c1. The van der Waals surface area contributed by atoms with Crippen LogP contribution in [0.1, 0.15) is 54.0 Å². The molecule has 2 heterocycles. The smallest absolute Gasteiger partial charge is 0.141 e. The van der Waals surface area contributed by atoms with E-state index in [0.29, 0.717) is 6.04 Å². The third kappa shape index (κ3) is 2.88. The highest BCUT2D eigenvalue weighted by Gasteiger charge is 2.31. The Balaban J connectivity index is 1.84. The van der Waals surface area contributed by atoms with E-state index >= 15 is 0 Å². The van der Waals surface area contributed by atoms with Gasteiger partial charge in [-0.25, -0.2) is 0 Å². The Kier molecular flexibility index (Phi) is 4.11. The van der Waals surface area contributed by atoms with Crippen molar-refractivity contribution in [3.05, 3.63) is 52.4 Å². The van der Waals surface area contributed by atoms with Gasteiger partial charge in [-0.1, -0.05) is 41.9 Å². The van der Waals surface area contributed by atoms with Crippen LogP contribution in [0, 0.1) is 13.8 Å². The van der Waals surface area contributed by atoms with Gasteiger partial charge in [0.25, 0.3) is 0 Å². The first kappa shape index (κ1) is 14.3. The highest BCUT2D eigenvalue weighted by Crippen LogP contribution is 2.36. The van der Waals surface area contributed by atoms with Crippen LogP contribution >= 0.6 is 0 Å². The molecule has 0 N–H and O–H groups in total. The van der Waals surface area contributed by atoms with E-state index in [0.717, 1.165) is 31.0 Å². The second-order valence-electron chi connectivity index (χ2n) is 6.08. The van der Waals surface area contributed by atoms with Gasteiger partial charge in [-0.05, 0) is 38.8 Å². The summed E-state index contributed by atoms with van der Waals surface area (Å²) in [6.07, 6.45) is 3.39. The zero-order chi connectivity index (χ0) is 14.8. The molecule has 1 aromatic carbocycles. The van der Waals surface area contributed by atoms with Gasteiger partial charge in [0.05, 0.1) is 5.69 Å². The normalized spacial score (nSPS) is 19.3. The highest BCUT2D eigenvalue weighted by atomic mass is 16.5. The summed E-state index contributed by atoms with van der Waals surface area (Å²) in [5, 5.41) is 4.19. The third-order valence-corrected chi connectivity index (χ3v) is 4.47. The molecule has 21 heavy (non-hydrogen) atoms. The fourth-order valence-electron chi connectivity index (χ4n) is 3.49. The van der Waals surface area contributed by atoms with Crippen LogP contribution in [0.15, 0.2) is 28.8 Å². The third-order valence-electron chi connectivity index (χ3n) is 4.47. The lowest BCUT2D eigenvalue weighted by Crippen LogP contribution is -2.23. The molecule has 3 rings (SSSR count). The molecule has 1 aliphatic heterocycles. The van der Waals surface area contributed by atoms with Crippen LogP contribution in [-0.2, 0) is 13.0 Å². The van der Waals surface area contributed by atoms with E-state index in [1.807, 2.05) is 0 Å². The highest BCUT2D eigenvalue weighted by molar-refractivity contribution is 5.28. The zero-order valence-corrected chi connectivity index (χ0v) is 13.2. The lowest BCUT2D eigenvalue weighted by atomic mass is 10.0. The van der Waals surface area contributed by atoms with Gasteiger partial charge in [0.15, 0.2) is 0 Å². The number of hydrogen-bond acceptors (Lipinski definition) is 3. The van der Waals surface area contributed by atoms with E-state index < -0.39 is 0 Å². The van der Waals surface area contributed by atoms with Crippen LogP contribution in [-0.4, -0.2) is 16.6 Å². The van der Waals surface area contributed by atoms with Crippen LogP contribution in [0.5, 0.6) is 0 Å². The van der Waals surface area contributed by atoms with Crippen molar-refractivity contribution in [2.45, 2.75) is 52.6 Å². The van der Waals surface area contributed by atoms with E-state index in [1.54, 1.807) is 0 Å². The predicted molar refractivity (Wildman–Crippen MR) is 84.2 cm³/mol. The van der Waals surface area contributed by atoms with E-state index in [4.69, 9.17) is 4.52 Å². The molecule has 2 aromatic rings. The maximum absolute atomic E-state index is 5.50.